The van der Waals surface area contributed by atoms with Crippen molar-refractivity contribution in [2.75, 3.05) is 20.7 Å². The first-order valence-corrected chi connectivity index (χ1v) is 11.8. The van der Waals surface area contributed by atoms with Gasteiger partial charge in [0.15, 0.2) is 23.0 Å². The minimum absolute atomic E-state index is 0.209. The summed E-state index contributed by atoms with van der Waals surface area (Å²) in [6.07, 6.45) is 0. The molecule has 2 aromatic rings. The highest BCUT2D eigenvalue weighted by atomic mass is 32.3. The fourth-order valence-electron chi connectivity index (χ4n) is 2.78. The highest BCUT2D eigenvalue weighted by Crippen LogP contribution is 2.35. The lowest BCUT2D eigenvalue weighted by atomic mass is 10.0. The average molecular weight is 565 g/mol. The third-order valence-electron chi connectivity index (χ3n) is 4.70. The summed E-state index contributed by atoms with van der Waals surface area (Å²) in [4.78, 5) is 22.0. The van der Waals surface area contributed by atoms with Crippen LogP contribution in [0, 0.1) is 0 Å². The number of fused-ring (bicyclic) bond motifs is 2. The summed E-state index contributed by atoms with van der Waals surface area (Å²) in [6.45, 7) is 3.86. The number of benzene rings is 2. The SMILES string of the molecule is CC(C(=O)NN)c1ccc2c(c1)OCO2.CC(C(=O)O)c1ccc2c(c1)OCO2.CO.NN.O=S(=O)(O)O. The lowest BCUT2D eigenvalue weighted by Crippen LogP contribution is -2.33. The molecule has 0 saturated heterocycles. The number of aliphatic carboxylic acids is 1. The molecule has 4 rings (SSSR count). The van der Waals surface area contributed by atoms with E-state index in [0.717, 1.165) is 18.2 Å². The smallest absolute Gasteiger partial charge is 0.394 e. The van der Waals surface area contributed by atoms with Crippen molar-refractivity contribution < 1.29 is 56.3 Å². The number of carboxylic acids is 1. The molecular weight excluding hydrogens is 532 g/mol. The van der Waals surface area contributed by atoms with Crippen LogP contribution in [-0.2, 0) is 20.0 Å². The van der Waals surface area contributed by atoms with Crippen LogP contribution in [0.4, 0.5) is 0 Å². The monoisotopic (exact) mass is 564 g/mol. The molecule has 17 heteroatoms. The van der Waals surface area contributed by atoms with E-state index in [2.05, 4.69) is 17.1 Å². The van der Waals surface area contributed by atoms with Crippen LogP contribution < -0.4 is 41.9 Å². The van der Waals surface area contributed by atoms with Crippen molar-refractivity contribution in [2.45, 2.75) is 25.7 Å². The maximum Gasteiger partial charge on any atom is 0.394 e. The fraction of sp³-hybridized carbons (Fsp3) is 0.333. The number of amides is 1. The zero-order valence-corrected chi connectivity index (χ0v) is 21.5. The van der Waals surface area contributed by atoms with Crippen LogP contribution in [0.25, 0.3) is 0 Å². The van der Waals surface area contributed by atoms with Crippen molar-refractivity contribution in [3.05, 3.63) is 47.5 Å². The van der Waals surface area contributed by atoms with Gasteiger partial charge in [-0.25, -0.2) is 5.84 Å². The number of carboxylic acid groups (broad SMARTS) is 1. The summed E-state index contributed by atoms with van der Waals surface area (Å²) in [7, 11) is -3.67. The molecule has 0 saturated carbocycles. The molecule has 1 amide bonds. The standard InChI is InChI=1S/C10H12N2O3.C10H10O4.CH4O.H4N2.H2O4S/c1-6(10(13)12-11)7-2-3-8-9(4-7)15-5-14-8;1-6(10(11)12)7-2-3-8-9(4-7)14-5-13-8;2*1-2;1-5(2,3)4/h2-4,6H,5,11H2,1H3,(H,12,13);2-4,6H,5H2,1H3,(H,11,12);2H,1H3;1-2H2;(H2,1,2,3,4). The lowest BCUT2D eigenvalue weighted by molar-refractivity contribution is -0.138. The molecule has 0 aromatic heterocycles. The van der Waals surface area contributed by atoms with Crippen LogP contribution >= 0.6 is 0 Å². The number of nitrogens with two attached hydrogens (primary N) is 3. The van der Waals surface area contributed by atoms with Crippen LogP contribution in [0.1, 0.15) is 36.8 Å². The first-order chi connectivity index (χ1) is 17.9. The second-order valence-electron chi connectivity index (χ2n) is 6.96. The minimum atomic E-state index is -4.67. The Morgan fingerprint density at radius 2 is 1.16 bits per heavy atom. The van der Waals surface area contributed by atoms with E-state index in [4.69, 9.17) is 52.5 Å². The second kappa shape index (κ2) is 16.9. The lowest BCUT2D eigenvalue weighted by Gasteiger charge is -2.10. The number of hydrogen-bond acceptors (Lipinski definition) is 12. The number of rotatable bonds is 4. The highest BCUT2D eigenvalue weighted by Gasteiger charge is 2.20. The van der Waals surface area contributed by atoms with Crippen molar-refractivity contribution >= 4 is 22.3 Å². The number of ether oxygens (including phenoxy) is 4. The van der Waals surface area contributed by atoms with Crippen LogP contribution in [0.2, 0.25) is 0 Å². The molecule has 2 atom stereocenters. The zero-order chi connectivity index (χ0) is 29.5. The topological polar surface area (TPSA) is 276 Å². The molecule has 2 aliphatic heterocycles. The van der Waals surface area contributed by atoms with Crippen molar-refractivity contribution in [1.29, 1.82) is 0 Å². The Morgan fingerprint density at radius 3 is 1.50 bits per heavy atom. The average Bonchev–Trinajstić information content (AvgIpc) is 3.57. The Kier molecular flexibility index (Phi) is 15.3. The third-order valence-corrected chi connectivity index (χ3v) is 4.70. The highest BCUT2D eigenvalue weighted by molar-refractivity contribution is 7.79. The minimum Gasteiger partial charge on any atom is -0.481 e. The fourth-order valence-corrected chi connectivity index (χ4v) is 2.78. The molecule has 0 radical (unpaired) electrons. The molecule has 16 nitrogen and oxygen atoms in total. The molecule has 2 aromatic carbocycles. The molecule has 38 heavy (non-hydrogen) atoms. The summed E-state index contributed by atoms with van der Waals surface area (Å²) in [5, 5.41) is 15.8. The van der Waals surface area contributed by atoms with Crippen molar-refractivity contribution in [3.63, 3.8) is 0 Å². The van der Waals surface area contributed by atoms with Crippen LogP contribution in [0.3, 0.4) is 0 Å². The van der Waals surface area contributed by atoms with E-state index < -0.39 is 22.3 Å². The van der Waals surface area contributed by atoms with Gasteiger partial charge in [-0.3, -0.25) is 35.8 Å². The van der Waals surface area contributed by atoms with Gasteiger partial charge >= 0.3 is 16.4 Å². The number of carbonyl (C=O) groups is 2. The molecule has 0 bridgehead atoms. The first-order valence-electron chi connectivity index (χ1n) is 10.4. The number of aliphatic hydroxyl groups excluding tert-OH is 1. The van der Waals surface area contributed by atoms with Gasteiger partial charge in [-0.2, -0.15) is 8.42 Å². The van der Waals surface area contributed by atoms with Crippen LogP contribution in [-0.4, -0.2) is 60.3 Å². The van der Waals surface area contributed by atoms with Gasteiger partial charge in [0, 0.05) is 7.11 Å². The summed E-state index contributed by atoms with van der Waals surface area (Å²) >= 11 is 0. The van der Waals surface area contributed by atoms with E-state index in [1.54, 1.807) is 44.2 Å². The predicted molar refractivity (Wildman–Crippen MR) is 133 cm³/mol. The largest absolute Gasteiger partial charge is 0.481 e. The Balaban J connectivity index is 0.000000554. The maximum absolute atomic E-state index is 11.3. The van der Waals surface area contributed by atoms with E-state index in [9.17, 15) is 9.59 Å². The molecule has 2 unspecified atom stereocenters. The summed E-state index contributed by atoms with van der Waals surface area (Å²) < 4.78 is 52.3. The molecule has 11 N–H and O–H groups in total. The van der Waals surface area contributed by atoms with Crippen molar-refractivity contribution in [3.8, 4) is 23.0 Å². The molecular formula is C21H32N4O12S. The Bertz CT molecular complexity index is 1140. The summed E-state index contributed by atoms with van der Waals surface area (Å²) in [5.74, 6) is 13.8. The molecule has 0 fully saturated rings. The van der Waals surface area contributed by atoms with Crippen LogP contribution in [0.15, 0.2) is 36.4 Å². The number of hydrazine groups is 2. The second-order valence-corrected chi connectivity index (χ2v) is 7.86. The van der Waals surface area contributed by atoms with E-state index in [1.807, 2.05) is 6.07 Å². The van der Waals surface area contributed by atoms with E-state index >= 15 is 0 Å². The summed E-state index contributed by atoms with van der Waals surface area (Å²) in [5.41, 5.74) is 3.69. The summed E-state index contributed by atoms with van der Waals surface area (Å²) in [6, 6.07) is 10.6. The molecule has 214 valence electrons. The van der Waals surface area contributed by atoms with Gasteiger partial charge in [0.1, 0.15) is 0 Å². The predicted octanol–water partition coefficient (Wildman–Crippen LogP) is -0.113. The van der Waals surface area contributed by atoms with Gasteiger partial charge in [0.2, 0.25) is 19.5 Å². The van der Waals surface area contributed by atoms with Crippen molar-refractivity contribution in [2.24, 2.45) is 17.5 Å². The Morgan fingerprint density at radius 1 is 0.816 bits per heavy atom. The van der Waals surface area contributed by atoms with Crippen LogP contribution in [0.5, 0.6) is 23.0 Å². The van der Waals surface area contributed by atoms with E-state index in [1.165, 1.54) is 0 Å². The van der Waals surface area contributed by atoms with Gasteiger partial charge in [0.25, 0.3) is 0 Å². The zero-order valence-electron chi connectivity index (χ0n) is 20.7. The van der Waals surface area contributed by atoms with Gasteiger partial charge in [-0.1, -0.05) is 12.1 Å². The van der Waals surface area contributed by atoms with Gasteiger partial charge in [-0.05, 0) is 49.2 Å². The third kappa shape index (κ3) is 11.6. The Labute approximate surface area is 218 Å². The molecule has 2 heterocycles. The van der Waals surface area contributed by atoms with E-state index in [-0.39, 0.29) is 25.4 Å². The van der Waals surface area contributed by atoms with Gasteiger partial charge < -0.3 is 29.2 Å². The quantitative estimate of drug-likeness (QED) is 0.104. The van der Waals surface area contributed by atoms with E-state index in [0.29, 0.717) is 23.0 Å². The number of aliphatic hydroxyl groups is 1. The molecule has 0 spiro atoms. The first kappa shape index (κ1) is 34.3. The molecule has 0 aliphatic carbocycles. The normalized spacial score (nSPS) is 13.3. The molecule has 2 aliphatic rings. The number of carbonyl (C=O) groups excluding carboxylic acids is 1. The Hall–Kier alpha value is -3.71. The van der Waals surface area contributed by atoms with Gasteiger partial charge in [-0.15, -0.1) is 0 Å². The maximum atomic E-state index is 11.3. The number of hydrogen-bond donors (Lipinski definition) is 8. The number of nitrogens with one attached hydrogen (secondary N) is 1. The van der Waals surface area contributed by atoms with Gasteiger partial charge in [0.05, 0.1) is 11.8 Å². The van der Waals surface area contributed by atoms with Crippen molar-refractivity contribution in [1.82, 2.24) is 5.43 Å².